The fraction of sp³-hybridized carbons (Fsp3) is 0.600. The SMILES string of the molecule is O=C(S)OC1C=CC(OC(=O)S)CC(O)CC1. The van der Waals surface area contributed by atoms with E-state index < -0.39 is 28.9 Å². The lowest BCUT2D eigenvalue weighted by Gasteiger charge is -2.22. The standard InChI is InChI=1S/C10H14O5S2/c11-6-1-2-7(14-9(12)16)3-4-8(5-6)15-10(13)17/h3-4,6-8,11H,1-2,5H2,(H,12,16)(H,13,17). The molecule has 3 atom stereocenters. The summed E-state index contributed by atoms with van der Waals surface area (Å²) in [6.07, 6.45) is 2.84. The molecule has 0 spiro atoms. The van der Waals surface area contributed by atoms with Crippen molar-refractivity contribution >= 4 is 35.9 Å². The van der Waals surface area contributed by atoms with E-state index in [1.807, 2.05) is 0 Å². The second kappa shape index (κ2) is 6.93. The average Bonchev–Trinajstić information content (AvgIpc) is 2.18. The summed E-state index contributed by atoms with van der Waals surface area (Å²) in [5, 5.41) is 8.24. The fourth-order valence-corrected chi connectivity index (χ4v) is 1.88. The highest BCUT2D eigenvalue weighted by molar-refractivity contribution is 7.96. The van der Waals surface area contributed by atoms with Crippen LogP contribution in [0.3, 0.4) is 0 Å². The number of thiol groups is 2. The van der Waals surface area contributed by atoms with E-state index in [1.165, 1.54) is 0 Å². The number of aliphatic hydroxyl groups is 1. The van der Waals surface area contributed by atoms with Gasteiger partial charge in [-0.25, -0.2) is 9.59 Å². The van der Waals surface area contributed by atoms with Gasteiger partial charge in [0.1, 0.15) is 12.2 Å². The Labute approximate surface area is 110 Å². The lowest BCUT2D eigenvalue weighted by molar-refractivity contribution is 0.0668. The van der Waals surface area contributed by atoms with Gasteiger partial charge in [-0.05, 0) is 25.0 Å². The monoisotopic (exact) mass is 278 g/mol. The Morgan fingerprint density at radius 2 is 1.59 bits per heavy atom. The highest BCUT2D eigenvalue weighted by atomic mass is 32.1. The molecule has 1 N–H and O–H groups in total. The molecule has 1 aliphatic rings. The van der Waals surface area contributed by atoms with Crippen LogP contribution in [0.15, 0.2) is 12.2 Å². The zero-order chi connectivity index (χ0) is 12.8. The fourth-order valence-electron chi connectivity index (χ4n) is 1.61. The van der Waals surface area contributed by atoms with Crippen LogP contribution >= 0.6 is 25.3 Å². The molecule has 0 heterocycles. The molecule has 5 nitrogen and oxygen atoms in total. The number of rotatable bonds is 2. The van der Waals surface area contributed by atoms with Gasteiger partial charge in [-0.15, -0.1) is 0 Å². The van der Waals surface area contributed by atoms with Gasteiger partial charge in [0.2, 0.25) is 0 Å². The van der Waals surface area contributed by atoms with Gasteiger partial charge in [0.25, 0.3) is 0 Å². The van der Waals surface area contributed by atoms with Crippen molar-refractivity contribution in [2.45, 2.75) is 37.6 Å². The zero-order valence-corrected chi connectivity index (χ0v) is 10.8. The van der Waals surface area contributed by atoms with Crippen LogP contribution in [-0.2, 0) is 9.47 Å². The van der Waals surface area contributed by atoms with E-state index in [4.69, 9.17) is 9.47 Å². The molecule has 0 amide bonds. The number of hydrogen-bond donors (Lipinski definition) is 3. The third-order valence-corrected chi connectivity index (χ3v) is 2.54. The van der Waals surface area contributed by atoms with E-state index in [-0.39, 0.29) is 0 Å². The van der Waals surface area contributed by atoms with Crippen molar-refractivity contribution in [2.75, 3.05) is 0 Å². The normalized spacial score (nSPS) is 29.0. The number of aliphatic hydroxyl groups excluding tert-OH is 1. The minimum Gasteiger partial charge on any atom is -0.450 e. The predicted octanol–water partition coefficient (Wildman–Crippen LogP) is 1.96. The maximum atomic E-state index is 10.7. The molecule has 0 aromatic rings. The van der Waals surface area contributed by atoms with Crippen LogP contribution in [0, 0.1) is 0 Å². The van der Waals surface area contributed by atoms with Gasteiger partial charge in [-0.1, -0.05) is 25.3 Å². The van der Waals surface area contributed by atoms with Gasteiger partial charge in [0.15, 0.2) is 0 Å². The van der Waals surface area contributed by atoms with E-state index in [2.05, 4.69) is 25.3 Å². The minimum absolute atomic E-state index is 0.310. The highest BCUT2D eigenvalue weighted by Crippen LogP contribution is 2.18. The first kappa shape index (κ1) is 14.4. The lowest BCUT2D eigenvalue weighted by atomic mass is 10.00. The Morgan fingerprint density at radius 3 is 2.18 bits per heavy atom. The number of hydrogen-bond acceptors (Lipinski definition) is 5. The van der Waals surface area contributed by atoms with Crippen molar-refractivity contribution in [1.29, 1.82) is 0 Å². The maximum Gasteiger partial charge on any atom is 0.364 e. The first-order valence-corrected chi connectivity index (χ1v) is 6.02. The number of carbonyl (C=O) groups excluding carboxylic acids is 2. The maximum absolute atomic E-state index is 10.7. The van der Waals surface area contributed by atoms with Gasteiger partial charge < -0.3 is 14.6 Å². The van der Waals surface area contributed by atoms with Crippen LogP contribution < -0.4 is 0 Å². The lowest BCUT2D eigenvalue weighted by Crippen LogP contribution is -2.25. The molecule has 0 aromatic heterocycles. The summed E-state index contributed by atoms with van der Waals surface area (Å²) < 4.78 is 9.77. The van der Waals surface area contributed by atoms with Crippen LogP contribution in [0.1, 0.15) is 19.3 Å². The third kappa shape index (κ3) is 5.99. The van der Waals surface area contributed by atoms with E-state index in [1.54, 1.807) is 12.2 Å². The molecule has 7 heteroatoms. The van der Waals surface area contributed by atoms with Crippen LogP contribution in [0.5, 0.6) is 0 Å². The van der Waals surface area contributed by atoms with Crippen LogP contribution in [0.25, 0.3) is 0 Å². The largest absolute Gasteiger partial charge is 0.450 e. The summed E-state index contributed by atoms with van der Waals surface area (Å²) in [6.45, 7) is 0. The van der Waals surface area contributed by atoms with Crippen LogP contribution in [0.2, 0.25) is 0 Å². The average molecular weight is 278 g/mol. The molecule has 0 saturated heterocycles. The Hall–Kier alpha value is -0.660. The molecular formula is C10H14O5S2. The topological polar surface area (TPSA) is 72.8 Å². The quantitative estimate of drug-likeness (QED) is 0.409. The molecule has 1 rings (SSSR count). The van der Waals surface area contributed by atoms with Gasteiger partial charge in [-0.2, -0.15) is 0 Å². The Kier molecular flexibility index (Phi) is 5.87. The number of ether oxygens (including phenoxy) is 2. The van der Waals surface area contributed by atoms with Gasteiger partial charge in [-0.3, -0.25) is 0 Å². The molecule has 96 valence electrons. The van der Waals surface area contributed by atoms with E-state index in [0.717, 1.165) is 0 Å². The van der Waals surface area contributed by atoms with Gasteiger partial charge in [0, 0.05) is 6.42 Å². The van der Waals surface area contributed by atoms with Crippen molar-refractivity contribution in [3.8, 4) is 0 Å². The molecule has 0 aliphatic heterocycles. The van der Waals surface area contributed by atoms with E-state index >= 15 is 0 Å². The molecule has 0 radical (unpaired) electrons. The van der Waals surface area contributed by atoms with Crippen LogP contribution in [-0.4, -0.2) is 34.0 Å². The predicted molar refractivity (Wildman–Crippen MR) is 67.5 cm³/mol. The summed E-state index contributed by atoms with van der Waals surface area (Å²) in [4.78, 5) is 21.4. The first-order chi connectivity index (χ1) is 7.97. The van der Waals surface area contributed by atoms with Gasteiger partial charge >= 0.3 is 10.6 Å². The molecule has 0 fully saturated rings. The Balaban J connectivity index is 2.65. The van der Waals surface area contributed by atoms with Crippen LogP contribution in [0.4, 0.5) is 9.59 Å². The first-order valence-electron chi connectivity index (χ1n) is 5.13. The second-order valence-electron chi connectivity index (χ2n) is 3.70. The molecule has 0 bridgehead atoms. The van der Waals surface area contributed by atoms with Crippen molar-refractivity contribution < 1.29 is 24.2 Å². The molecule has 1 aliphatic carbocycles. The summed E-state index contributed by atoms with van der Waals surface area (Å²) in [5.41, 5.74) is 0. The van der Waals surface area contributed by atoms with Crippen molar-refractivity contribution in [3.63, 3.8) is 0 Å². The Bertz CT molecular complexity index is 318. The molecule has 0 aromatic carbocycles. The summed E-state index contributed by atoms with van der Waals surface area (Å²) >= 11 is 7.02. The number of carbonyl (C=O) groups is 2. The van der Waals surface area contributed by atoms with Gasteiger partial charge in [0.05, 0.1) is 6.10 Å². The van der Waals surface area contributed by atoms with E-state index in [9.17, 15) is 14.7 Å². The third-order valence-electron chi connectivity index (χ3n) is 2.33. The second-order valence-corrected chi connectivity index (χ2v) is 4.43. The summed E-state index contributed by atoms with van der Waals surface area (Å²) in [5.74, 6) is 0. The smallest absolute Gasteiger partial charge is 0.364 e. The minimum atomic E-state index is -0.713. The molecular weight excluding hydrogens is 264 g/mol. The Morgan fingerprint density at radius 1 is 1.06 bits per heavy atom. The highest BCUT2D eigenvalue weighted by Gasteiger charge is 2.21. The summed E-state index contributed by atoms with van der Waals surface area (Å²) in [7, 11) is 0. The molecule has 0 saturated carbocycles. The van der Waals surface area contributed by atoms with E-state index in [0.29, 0.717) is 19.3 Å². The van der Waals surface area contributed by atoms with Crippen molar-refractivity contribution in [3.05, 3.63) is 12.2 Å². The molecule has 3 unspecified atom stereocenters. The van der Waals surface area contributed by atoms with Crippen molar-refractivity contribution in [2.24, 2.45) is 0 Å². The zero-order valence-electron chi connectivity index (χ0n) is 8.98. The van der Waals surface area contributed by atoms with Crippen molar-refractivity contribution in [1.82, 2.24) is 0 Å². The summed E-state index contributed by atoms with van der Waals surface area (Å²) in [6, 6.07) is 0. The molecule has 17 heavy (non-hydrogen) atoms.